The molecule has 2 rings (SSSR count). The lowest BCUT2D eigenvalue weighted by molar-refractivity contribution is 0.337. The number of halogens is 3. The summed E-state index contributed by atoms with van der Waals surface area (Å²) < 4.78 is 19.2. The third-order valence-electron chi connectivity index (χ3n) is 3.00. The topological polar surface area (TPSA) is 21.3 Å². The van der Waals surface area contributed by atoms with Crippen LogP contribution >= 0.6 is 23.2 Å². The van der Waals surface area contributed by atoms with Crippen LogP contribution in [0.25, 0.3) is 0 Å². The molecule has 5 heteroatoms. The van der Waals surface area contributed by atoms with E-state index in [1.54, 1.807) is 12.1 Å². The Labute approximate surface area is 133 Å². The van der Waals surface area contributed by atoms with Gasteiger partial charge in [-0.1, -0.05) is 17.7 Å². The number of alkyl halides is 1. The number of ether oxygens (including phenoxy) is 1. The van der Waals surface area contributed by atoms with Crippen molar-refractivity contribution in [1.29, 1.82) is 0 Å². The Kier molecular flexibility index (Phi) is 5.71. The first-order valence-corrected chi connectivity index (χ1v) is 7.54. The molecule has 0 saturated heterocycles. The second-order valence-electron chi connectivity index (χ2n) is 4.48. The van der Waals surface area contributed by atoms with Crippen molar-refractivity contribution < 1.29 is 9.13 Å². The molecule has 0 saturated carbocycles. The van der Waals surface area contributed by atoms with Crippen LogP contribution in [0, 0.1) is 5.82 Å². The maximum Gasteiger partial charge on any atom is 0.129 e. The van der Waals surface area contributed by atoms with E-state index < -0.39 is 0 Å². The maximum atomic E-state index is 13.7. The van der Waals surface area contributed by atoms with Crippen LogP contribution in [0.1, 0.15) is 18.1 Å². The van der Waals surface area contributed by atoms with Gasteiger partial charge in [-0.05, 0) is 37.3 Å². The minimum Gasteiger partial charge on any atom is -0.494 e. The highest BCUT2D eigenvalue weighted by molar-refractivity contribution is 6.30. The predicted molar refractivity (Wildman–Crippen MR) is 85.9 cm³/mol. The molecule has 112 valence electrons. The normalized spacial score (nSPS) is 10.5. The van der Waals surface area contributed by atoms with Gasteiger partial charge in [-0.3, -0.25) is 0 Å². The Morgan fingerprint density at radius 3 is 2.62 bits per heavy atom. The van der Waals surface area contributed by atoms with E-state index >= 15 is 0 Å². The summed E-state index contributed by atoms with van der Waals surface area (Å²) in [6.45, 7) is 2.89. The van der Waals surface area contributed by atoms with Gasteiger partial charge in [0.25, 0.3) is 0 Å². The molecule has 0 unspecified atom stereocenters. The van der Waals surface area contributed by atoms with Gasteiger partial charge in [-0.25, -0.2) is 4.39 Å². The first kappa shape index (κ1) is 15.9. The summed E-state index contributed by atoms with van der Waals surface area (Å²) in [5, 5.41) is 3.56. The molecule has 2 nitrogen and oxygen atoms in total. The van der Waals surface area contributed by atoms with Crippen molar-refractivity contribution >= 4 is 28.9 Å². The van der Waals surface area contributed by atoms with Crippen molar-refractivity contribution in [3.63, 3.8) is 0 Å². The largest absolute Gasteiger partial charge is 0.494 e. The van der Waals surface area contributed by atoms with Crippen LogP contribution in [0.5, 0.6) is 5.75 Å². The molecule has 0 fully saturated rings. The number of hydrogen-bond acceptors (Lipinski definition) is 2. The molecule has 1 N–H and O–H groups in total. The molecule has 21 heavy (non-hydrogen) atoms. The van der Waals surface area contributed by atoms with Gasteiger partial charge in [0.15, 0.2) is 0 Å². The molecule has 0 aliphatic carbocycles. The lowest BCUT2D eigenvalue weighted by Gasteiger charge is -2.12. The molecular formula is C16H16Cl2FNO. The van der Waals surface area contributed by atoms with Gasteiger partial charge in [0, 0.05) is 28.4 Å². The van der Waals surface area contributed by atoms with Crippen LogP contribution in [-0.2, 0) is 12.4 Å². The second kappa shape index (κ2) is 7.53. The number of hydrogen-bond donors (Lipinski definition) is 1. The average molecular weight is 328 g/mol. The highest BCUT2D eigenvalue weighted by Crippen LogP contribution is 2.25. The molecule has 2 aromatic rings. The van der Waals surface area contributed by atoms with E-state index in [9.17, 15) is 4.39 Å². The van der Waals surface area contributed by atoms with E-state index in [-0.39, 0.29) is 5.82 Å². The molecule has 0 amide bonds. The smallest absolute Gasteiger partial charge is 0.129 e. The van der Waals surface area contributed by atoms with E-state index in [1.165, 1.54) is 6.07 Å². The second-order valence-corrected chi connectivity index (χ2v) is 5.18. The average Bonchev–Trinajstić information content (AvgIpc) is 2.47. The lowest BCUT2D eigenvalue weighted by Crippen LogP contribution is -2.03. The Hall–Kier alpha value is -1.45. The van der Waals surface area contributed by atoms with Gasteiger partial charge in [-0.2, -0.15) is 0 Å². The number of rotatable bonds is 6. The first-order chi connectivity index (χ1) is 10.1. The van der Waals surface area contributed by atoms with Crippen LogP contribution in [0.4, 0.5) is 10.1 Å². The van der Waals surface area contributed by atoms with Gasteiger partial charge < -0.3 is 10.1 Å². The van der Waals surface area contributed by atoms with Crippen LogP contribution in [0.15, 0.2) is 36.4 Å². The SMILES string of the molecule is CCOc1ccc(NCc2ccc(Cl)cc2F)cc1CCl. The molecule has 0 aromatic heterocycles. The molecule has 0 aliphatic heterocycles. The fourth-order valence-electron chi connectivity index (χ4n) is 1.95. The minimum atomic E-state index is -0.321. The monoisotopic (exact) mass is 327 g/mol. The van der Waals surface area contributed by atoms with Gasteiger partial charge in [0.1, 0.15) is 11.6 Å². The highest BCUT2D eigenvalue weighted by atomic mass is 35.5. The van der Waals surface area contributed by atoms with Crippen molar-refractivity contribution in [2.24, 2.45) is 0 Å². The number of nitrogens with one attached hydrogen (secondary N) is 1. The third-order valence-corrected chi connectivity index (χ3v) is 3.53. The van der Waals surface area contributed by atoms with Crippen LogP contribution in [-0.4, -0.2) is 6.61 Å². The number of benzene rings is 2. The molecule has 2 aromatic carbocycles. The fourth-order valence-corrected chi connectivity index (χ4v) is 2.32. The van der Waals surface area contributed by atoms with Gasteiger partial charge in [0.2, 0.25) is 0 Å². The van der Waals surface area contributed by atoms with Crippen molar-refractivity contribution in [2.75, 3.05) is 11.9 Å². The van der Waals surface area contributed by atoms with E-state index in [2.05, 4.69) is 5.32 Å². The van der Waals surface area contributed by atoms with Crippen molar-refractivity contribution in [3.05, 3.63) is 58.4 Å². The summed E-state index contributed by atoms with van der Waals surface area (Å²) >= 11 is 11.6. The van der Waals surface area contributed by atoms with Crippen molar-refractivity contribution in [2.45, 2.75) is 19.3 Å². The maximum absolute atomic E-state index is 13.7. The quantitative estimate of drug-likeness (QED) is 0.733. The summed E-state index contributed by atoms with van der Waals surface area (Å²) in [4.78, 5) is 0. The molecular weight excluding hydrogens is 312 g/mol. The Balaban J connectivity index is 2.09. The van der Waals surface area contributed by atoms with Gasteiger partial charge in [-0.15, -0.1) is 11.6 Å². The van der Waals surface area contributed by atoms with Gasteiger partial charge in [0.05, 0.1) is 12.5 Å². The van der Waals surface area contributed by atoms with E-state index in [0.29, 0.717) is 29.6 Å². The van der Waals surface area contributed by atoms with Crippen LogP contribution in [0.3, 0.4) is 0 Å². The molecule has 0 bridgehead atoms. The zero-order valence-corrected chi connectivity index (χ0v) is 13.1. The standard InChI is InChI=1S/C16H16Cl2FNO/c1-2-21-16-6-5-14(7-12(16)9-17)20-10-11-3-4-13(18)8-15(11)19/h3-8,20H,2,9-10H2,1H3. The van der Waals surface area contributed by atoms with Gasteiger partial charge >= 0.3 is 0 Å². The Bertz CT molecular complexity index is 619. The highest BCUT2D eigenvalue weighted by Gasteiger charge is 2.06. The molecule has 0 heterocycles. The summed E-state index contributed by atoms with van der Waals surface area (Å²) in [7, 11) is 0. The molecule has 0 atom stereocenters. The first-order valence-electron chi connectivity index (χ1n) is 6.63. The van der Waals surface area contributed by atoms with Crippen molar-refractivity contribution in [3.8, 4) is 5.75 Å². The molecule has 0 radical (unpaired) electrons. The zero-order chi connectivity index (χ0) is 15.2. The van der Waals surface area contributed by atoms with Crippen LogP contribution < -0.4 is 10.1 Å². The Morgan fingerprint density at radius 1 is 1.14 bits per heavy atom. The summed E-state index contributed by atoms with van der Waals surface area (Å²) in [6, 6.07) is 10.3. The molecule has 0 aliphatic rings. The number of anilines is 1. The zero-order valence-electron chi connectivity index (χ0n) is 11.6. The van der Waals surface area contributed by atoms with E-state index in [1.807, 2.05) is 25.1 Å². The van der Waals surface area contributed by atoms with Crippen LogP contribution in [0.2, 0.25) is 5.02 Å². The Morgan fingerprint density at radius 2 is 1.95 bits per heavy atom. The van der Waals surface area contributed by atoms with E-state index in [0.717, 1.165) is 17.0 Å². The van der Waals surface area contributed by atoms with Crippen molar-refractivity contribution in [1.82, 2.24) is 0 Å². The minimum absolute atomic E-state index is 0.321. The fraction of sp³-hybridized carbons (Fsp3) is 0.250. The summed E-state index contributed by atoms with van der Waals surface area (Å²) in [5.74, 6) is 0.814. The van der Waals surface area contributed by atoms with E-state index in [4.69, 9.17) is 27.9 Å². The summed E-state index contributed by atoms with van der Waals surface area (Å²) in [5.41, 5.74) is 2.32. The third kappa shape index (κ3) is 4.26. The summed E-state index contributed by atoms with van der Waals surface area (Å²) in [6.07, 6.45) is 0. The molecule has 0 spiro atoms. The lowest BCUT2D eigenvalue weighted by atomic mass is 10.1. The predicted octanol–water partition coefficient (Wildman–Crippen LogP) is 5.23.